The highest BCUT2D eigenvalue weighted by atomic mass is 32.1. The zero-order valence-electron chi connectivity index (χ0n) is 9.97. The van der Waals surface area contributed by atoms with Crippen LogP contribution in [0.2, 0.25) is 0 Å². The van der Waals surface area contributed by atoms with Crippen LogP contribution in [0.1, 0.15) is 9.67 Å². The molecule has 0 aliphatic rings. The molecule has 0 bridgehead atoms. The Balaban J connectivity index is 2.17. The standard InChI is InChI=1S/C12H12N2O3S/c1-16-9-4-3-8(7-10(9)17-2)14-12(15)11-5-6-13-18-11/h3-7H,1-2H3,(H,14,15). The van der Waals surface area contributed by atoms with Crippen LogP contribution in [0.5, 0.6) is 11.5 Å². The number of hydrogen-bond donors (Lipinski definition) is 1. The minimum absolute atomic E-state index is 0.190. The number of benzene rings is 1. The number of rotatable bonds is 4. The minimum atomic E-state index is -0.190. The van der Waals surface area contributed by atoms with Gasteiger partial charge >= 0.3 is 0 Å². The van der Waals surface area contributed by atoms with Gasteiger partial charge in [-0.25, -0.2) is 4.37 Å². The van der Waals surface area contributed by atoms with Crippen LogP contribution in [0.25, 0.3) is 0 Å². The van der Waals surface area contributed by atoms with Crippen molar-refractivity contribution in [3.8, 4) is 11.5 Å². The molecule has 0 radical (unpaired) electrons. The summed E-state index contributed by atoms with van der Waals surface area (Å²) in [6.07, 6.45) is 1.59. The summed E-state index contributed by atoms with van der Waals surface area (Å²) in [4.78, 5) is 12.4. The molecule has 1 amide bonds. The highest BCUT2D eigenvalue weighted by Crippen LogP contribution is 2.29. The molecule has 0 atom stereocenters. The Morgan fingerprint density at radius 1 is 1.22 bits per heavy atom. The summed E-state index contributed by atoms with van der Waals surface area (Å²) < 4.78 is 14.2. The third-order valence-corrected chi connectivity index (χ3v) is 3.05. The Kier molecular flexibility index (Phi) is 3.78. The van der Waals surface area contributed by atoms with E-state index in [1.807, 2.05) is 0 Å². The molecular formula is C12H12N2O3S. The van der Waals surface area contributed by atoms with E-state index in [2.05, 4.69) is 9.69 Å². The molecule has 0 aliphatic carbocycles. The van der Waals surface area contributed by atoms with Crippen molar-refractivity contribution < 1.29 is 14.3 Å². The summed E-state index contributed by atoms with van der Waals surface area (Å²) in [5, 5.41) is 2.77. The van der Waals surface area contributed by atoms with Gasteiger partial charge in [0.1, 0.15) is 4.88 Å². The van der Waals surface area contributed by atoms with Crippen LogP contribution < -0.4 is 14.8 Å². The number of aromatic nitrogens is 1. The molecule has 94 valence electrons. The minimum Gasteiger partial charge on any atom is -0.493 e. The molecule has 1 N–H and O–H groups in total. The van der Waals surface area contributed by atoms with Crippen molar-refractivity contribution >= 4 is 23.1 Å². The molecule has 2 rings (SSSR count). The second-order valence-electron chi connectivity index (χ2n) is 3.40. The van der Waals surface area contributed by atoms with Crippen molar-refractivity contribution in [2.75, 3.05) is 19.5 Å². The lowest BCUT2D eigenvalue weighted by Crippen LogP contribution is -2.10. The Labute approximate surface area is 109 Å². The van der Waals surface area contributed by atoms with E-state index >= 15 is 0 Å². The van der Waals surface area contributed by atoms with Gasteiger partial charge in [0.05, 0.1) is 14.2 Å². The predicted octanol–water partition coefficient (Wildman–Crippen LogP) is 2.41. The predicted molar refractivity (Wildman–Crippen MR) is 69.6 cm³/mol. The van der Waals surface area contributed by atoms with Gasteiger partial charge in [-0.05, 0) is 29.7 Å². The number of hydrogen-bond acceptors (Lipinski definition) is 5. The van der Waals surface area contributed by atoms with Gasteiger partial charge in [-0.15, -0.1) is 0 Å². The van der Waals surface area contributed by atoms with Crippen LogP contribution >= 0.6 is 11.5 Å². The van der Waals surface area contributed by atoms with Crippen molar-refractivity contribution in [2.45, 2.75) is 0 Å². The Hall–Kier alpha value is -2.08. The van der Waals surface area contributed by atoms with Gasteiger partial charge in [0.2, 0.25) is 0 Å². The smallest absolute Gasteiger partial charge is 0.267 e. The van der Waals surface area contributed by atoms with E-state index in [0.717, 1.165) is 11.5 Å². The molecular weight excluding hydrogens is 252 g/mol. The van der Waals surface area contributed by atoms with Crippen LogP contribution in [-0.2, 0) is 0 Å². The van der Waals surface area contributed by atoms with Crippen LogP contribution in [0.15, 0.2) is 30.5 Å². The normalized spacial score (nSPS) is 9.89. The Morgan fingerprint density at radius 2 is 2.00 bits per heavy atom. The van der Waals surface area contributed by atoms with Gasteiger partial charge in [-0.3, -0.25) is 4.79 Å². The first kappa shape index (κ1) is 12.4. The summed E-state index contributed by atoms with van der Waals surface area (Å²) in [5.41, 5.74) is 0.644. The fourth-order valence-corrected chi connectivity index (χ4v) is 1.93. The maximum absolute atomic E-state index is 11.8. The molecule has 0 aliphatic heterocycles. The van der Waals surface area contributed by atoms with Crippen LogP contribution in [0.3, 0.4) is 0 Å². The number of anilines is 1. The second-order valence-corrected chi connectivity index (χ2v) is 4.23. The van der Waals surface area contributed by atoms with Gasteiger partial charge in [-0.2, -0.15) is 0 Å². The molecule has 0 saturated carbocycles. The summed E-state index contributed by atoms with van der Waals surface area (Å²) in [7, 11) is 3.11. The average molecular weight is 264 g/mol. The molecule has 18 heavy (non-hydrogen) atoms. The van der Waals surface area contributed by atoms with E-state index in [1.165, 1.54) is 0 Å². The van der Waals surface area contributed by atoms with Gasteiger partial charge in [0.25, 0.3) is 5.91 Å². The van der Waals surface area contributed by atoms with E-state index in [1.54, 1.807) is 44.7 Å². The van der Waals surface area contributed by atoms with Crippen LogP contribution in [0, 0.1) is 0 Å². The zero-order chi connectivity index (χ0) is 13.0. The van der Waals surface area contributed by atoms with Gasteiger partial charge < -0.3 is 14.8 Å². The zero-order valence-corrected chi connectivity index (χ0v) is 10.8. The third-order valence-electron chi connectivity index (χ3n) is 2.30. The fraction of sp³-hybridized carbons (Fsp3) is 0.167. The van der Waals surface area contributed by atoms with Crippen molar-refractivity contribution in [1.29, 1.82) is 0 Å². The van der Waals surface area contributed by atoms with Crippen LogP contribution in [-0.4, -0.2) is 24.5 Å². The summed E-state index contributed by atoms with van der Waals surface area (Å²) in [5.74, 6) is 0.998. The van der Waals surface area contributed by atoms with Crippen molar-refractivity contribution in [3.05, 3.63) is 35.3 Å². The maximum atomic E-state index is 11.8. The van der Waals surface area contributed by atoms with E-state index < -0.39 is 0 Å². The number of ether oxygens (including phenoxy) is 2. The van der Waals surface area contributed by atoms with E-state index in [-0.39, 0.29) is 5.91 Å². The lowest BCUT2D eigenvalue weighted by atomic mass is 10.2. The van der Waals surface area contributed by atoms with E-state index in [9.17, 15) is 4.79 Å². The van der Waals surface area contributed by atoms with Gasteiger partial charge in [0, 0.05) is 18.0 Å². The lowest BCUT2D eigenvalue weighted by Gasteiger charge is -2.09. The highest BCUT2D eigenvalue weighted by Gasteiger charge is 2.10. The number of nitrogens with one attached hydrogen (secondary N) is 1. The number of nitrogens with zero attached hydrogens (tertiary/aromatic N) is 1. The molecule has 1 aromatic heterocycles. The van der Waals surface area contributed by atoms with E-state index in [0.29, 0.717) is 22.1 Å². The second kappa shape index (κ2) is 5.50. The SMILES string of the molecule is COc1ccc(NC(=O)c2ccns2)cc1OC. The van der Waals surface area contributed by atoms with Crippen molar-refractivity contribution in [2.24, 2.45) is 0 Å². The molecule has 6 heteroatoms. The van der Waals surface area contributed by atoms with Crippen LogP contribution in [0.4, 0.5) is 5.69 Å². The van der Waals surface area contributed by atoms with Crippen molar-refractivity contribution in [1.82, 2.24) is 4.37 Å². The first-order valence-electron chi connectivity index (χ1n) is 5.18. The fourth-order valence-electron chi connectivity index (χ4n) is 1.44. The quantitative estimate of drug-likeness (QED) is 0.921. The topological polar surface area (TPSA) is 60.5 Å². The molecule has 0 fully saturated rings. The first-order valence-corrected chi connectivity index (χ1v) is 5.96. The lowest BCUT2D eigenvalue weighted by molar-refractivity contribution is 0.103. The van der Waals surface area contributed by atoms with Gasteiger partial charge in [0.15, 0.2) is 11.5 Å². The summed E-state index contributed by atoms with van der Waals surface area (Å²) in [6, 6.07) is 6.86. The van der Waals surface area contributed by atoms with Gasteiger partial charge in [-0.1, -0.05) is 0 Å². The number of carbonyl (C=O) groups excluding carboxylic acids is 1. The number of carbonyl (C=O) groups is 1. The average Bonchev–Trinajstić information content (AvgIpc) is 2.92. The van der Waals surface area contributed by atoms with E-state index in [4.69, 9.17) is 9.47 Å². The Bertz CT molecular complexity index is 540. The van der Waals surface area contributed by atoms with Crippen molar-refractivity contribution in [3.63, 3.8) is 0 Å². The molecule has 0 saturated heterocycles. The summed E-state index contributed by atoms with van der Waals surface area (Å²) >= 11 is 1.15. The number of methoxy groups -OCH3 is 2. The highest BCUT2D eigenvalue weighted by molar-refractivity contribution is 7.08. The molecule has 0 spiro atoms. The maximum Gasteiger partial charge on any atom is 0.267 e. The molecule has 5 nitrogen and oxygen atoms in total. The monoisotopic (exact) mass is 264 g/mol. The molecule has 2 aromatic rings. The first-order chi connectivity index (χ1) is 8.74. The largest absolute Gasteiger partial charge is 0.493 e. The third kappa shape index (κ3) is 2.60. The molecule has 1 aromatic carbocycles. The number of amides is 1. The molecule has 0 unspecified atom stereocenters. The Morgan fingerprint density at radius 3 is 2.61 bits per heavy atom. The summed E-state index contributed by atoms with van der Waals surface area (Å²) in [6.45, 7) is 0. The molecule has 1 heterocycles.